The highest BCUT2D eigenvalue weighted by Crippen LogP contribution is 2.30. The quantitative estimate of drug-likeness (QED) is 0.824. The molecule has 3 fully saturated rings. The maximum Gasteiger partial charge on any atom is 0.0122 e. The molecule has 2 heteroatoms. The molecular weight excluding hydrogens is 220 g/mol. The maximum atomic E-state index is 3.75. The predicted octanol–water partition coefficient (Wildman–Crippen LogP) is 3.17. The van der Waals surface area contributed by atoms with Crippen molar-refractivity contribution in [2.24, 2.45) is 5.92 Å². The van der Waals surface area contributed by atoms with E-state index in [4.69, 9.17) is 0 Å². The van der Waals surface area contributed by atoms with Gasteiger partial charge in [-0.15, -0.1) is 0 Å². The number of hydrogen-bond donors (Lipinski definition) is 1. The van der Waals surface area contributed by atoms with E-state index >= 15 is 0 Å². The molecule has 0 radical (unpaired) electrons. The Labute approximate surface area is 113 Å². The average molecular weight is 250 g/mol. The number of rotatable bonds is 4. The van der Waals surface area contributed by atoms with Gasteiger partial charge in [0.25, 0.3) is 0 Å². The topological polar surface area (TPSA) is 15.3 Å². The molecule has 2 atom stereocenters. The van der Waals surface area contributed by atoms with E-state index in [1.807, 2.05) is 0 Å². The fourth-order valence-electron chi connectivity index (χ4n) is 4.43. The van der Waals surface area contributed by atoms with Gasteiger partial charge in [0.15, 0.2) is 0 Å². The van der Waals surface area contributed by atoms with Crippen LogP contribution in [0.4, 0.5) is 0 Å². The third-order valence-corrected chi connectivity index (χ3v) is 5.69. The Morgan fingerprint density at radius 1 is 0.944 bits per heavy atom. The van der Waals surface area contributed by atoms with Crippen LogP contribution in [-0.2, 0) is 0 Å². The predicted molar refractivity (Wildman–Crippen MR) is 76.8 cm³/mol. The molecule has 2 unspecified atom stereocenters. The molecule has 0 aromatic heterocycles. The van der Waals surface area contributed by atoms with Gasteiger partial charge in [0, 0.05) is 18.1 Å². The van der Waals surface area contributed by atoms with Gasteiger partial charge in [-0.05, 0) is 51.6 Å². The first-order valence-corrected chi connectivity index (χ1v) is 8.27. The van der Waals surface area contributed by atoms with E-state index in [0.717, 1.165) is 24.0 Å². The minimum absolute atomic E-state index is 0.839. The Hall–Kier alpha value is -0.0800. The molecule has 2 aliphatic heterocycles. The zero-order valence-corrected chi connectivity index (χ0v) is 12.0. The van der Waals surface area contributed by atoms with Gasteiger partial charge in [-0.3, -0.25) is 0 Å². The molecule has 2 saturated heterocycles. The zero-order chi connectivity index (χ0) is 12.4. The third kappa shape index (κ3) is 3.08. The van der Waals surface area contributed by atoms with E-state index in [-0.39, 0.29) is 0 Å². The molecule has 3 aliphatic rings. The zero-order valence-electron chi connectivity index (χ0n) is 12.0. The fraction of sp³-hybridized carbons (Fsp3) is 1.00. The summed E-state index contributed by atoms with van der Waals surface area (Å²) in [5.74, 6) is 1.04. The molecule has 0 spiro atoms. The van der Waals surface area contributed by atoms with Crippen molar-refractivity contribution in [1.82, 2.24) is 10.2 Å². The highest BCUT2D eigenvalue weighted by Gasteiger charge is 2.34. The van der Waals surface area contributed by atoms with Crippen molar-refractivity contribution < 1.29 is 0 Å². The minimum atomic E-state index is 0.839. The summed E-state index contributed by atoms with van der Waals surface area (Å²) < 4.78 is 0. The van der Waals surface area contributed by atoms with E-state index < -0.39 is 0 Å². The first-order chi connectivity index (χ1) is 8.81. The highest BCUT2D eigenvalue weighted by atomic mass is 15.2. The van der Waals surface area contributed by atoms with E-state index in [2.05, 4.69) is 17.3 Å². The Bertz CT molecular complexity index is 248. The van der Waals surface area contributed by atoms with Crippen LogP contribution in [0.3, 0.4) is 0 Å². The van der Waals surface area contributed by atoms with E-state index in [9.17, 15) is 0 Å². The van der Waals surface area contributed by atoms with Gasteiger partial charge in [-0.25, -0.2) is 0 Å². The Kier molecular flexibility index (Phi) is 4.25. The molecule has 0 aromatic rings. The largest absolute Gasteiger partial charge is 0.311 e. The minimum Gasteiger partial charge on any atom is -0.311 e. The van der Waals surface area contributed by atoms with Crippen molar-refractivity contribution in [3.05, 3.63) is 0 Å². The molecule has 3 rings (SSSR count). The van der Waals surface area contributed by atoms with Gasteiger partial charge in [-0.1, -0.05) is 32.1 Å². The lowest BCUT2D eigenvalue weighted by Gasteiger charge is -2.36. The van der Waals surface area contributed by atoms with Gasteiger partial charge >= 0.3 is 0 Å². The summed E-state index contributed by atoms with van der Waals surface area (Å²) in [5.41, 5.74) is 0. The van der Waals surface area contributed by atoms with Crippen LogP contribution < -0.4 is 5.32 Å². The summed E-state index contributed by atoms with van der Waals surface area (Å²) in [7, 11) is 2.37. The maximum absolute atomic E-state index is 3.75. The van der Waals surface area contributed by atoms with Crippen LogP contribution in [0.25, 0.3) is 0 Å². The summed E-state index contributed by atoms with van der Waals surface area (Å²) in [5, 5.41) is 3.75. The van der Waals surface area contributed by atoms with Crippen molar-refractivity contribution in [2.75, 3.05) is 13.6 Å². The SMILES string of the molecule is CN(CCC1CCCCC1)C1CC2CCC(C1)N2. The molecule has 104 valence electrons. The number of hydrogen-bond acceptors (Lipinski definition) is 2. The number of fused-ring (bicyclic) bond motifs is 2. The van der Waals surface area contributed by atoms with Crippen LogP contribution in [0.5, 0.6) is 0 Å². The van der Waals surface area contributed by atoms with Crippen LogP contribution in [0.2, 0.25) is 0 Å². The number of nitrogens with zero attached hydrogens (tertiary/aromatic N) is 1. The summed E-state index contributed by atoms with van der Waals surface area (Å²) in [4.78, 5) is 2.68. The first kappa shape index (κ1) is 12.9. The monoisotopic (exact) mass is 250 g/mol. The second-order valence-corrected chi connectivity index (χ2v) is 7.04. The van der Waals surface area contributed by atoms with E-state index in [0.29, 0.717) is 0 Å². The molecule has 2 bridgehead atoms. The smallest absolute Gasteiger partial charge is 0.0122 e. The molecule has 1 N–H and O–H groups in total. The van der Waals surface area contributed by atoms with Crippen molar-refractivity contribution >= 4 is 0 Å². The number of nitrogens with one attached hydrogen (secondary N) is 1. The number of piperidine rings is 1. The molecular formula is C16H30N2. The van der Waals surface area contributed by atoms with Crippen LogP contribution in [-0.4, -0.2) is 36.6 Å². The van der Waals surface area contributed by atoms with Gasteiger partial charge in [0.05, 0.1) is 0 Å². The van der Waals surface area contributed by atoms with Gasteiger partial charge in [0.1, 0.15) is 0 Å². The average Bonchev–Trinajstić information content (AvgIpc) is 2.76. The van der Waals surface area contributed by atoms with E-state index in [1.165, 1.54) is 70.8 Å². The Morgan fingerprint density at radius 3 is 2.28 bits per heavy atom. The highest BCUT2D eigenvalue weighted by molar-refractivity contribution is 4.95. The molecule has 1 saturated carbocycles. The van der Waals surface area contributed by atoms with Gasteiger partial charge in [-0.2, -0.15) is 0 Å². The van der Waals surface area contributed by atoms with Gasteiger partial charge in [0.2, 0.25) is 0 Å². The molecule has 0 amide bonds. The van der Waals surface area contributed by atoms with Crippen LogP contribution >= 0.6 is 0 Å². The van der Waals surface area contributed by atoms with Crippen LogP contribution in [0.15, 0.2) is 0 Å². The second-order valence-electron chi connectivity index (χ2n) is 7.04. The van der Waals surface area contributed by atoms with Crippen LogP contribution in [0, 0.1) is 5.92 Å². The van der Waals surface area contributed by atoms with Crippen molar-refractivity contribution in [3.8, 4) is 0 Å². The second kappa shape index (κ2) is 5.92. The molecule has 2 nitrogen and oxygen atoms in total. The molecule has 2 heterocycles. The molecule has 1 aliphatic carbocycles. The normalized spacial score (nSPS) is 37.3. The third-order valence-electron chi connectivity index (χ3n) is 5.69. The van der Waals surface area contributed by atoms with Crippen molar-refractivity contribution in [3.63, 3.8) is 0 Å². The van der Waals surface area contributed by atoms with Crippen molar-refractivity contribution in [1.29, 1.82) is 0 Å². The lowest BCUT2D eigenvalue weighted by atomic mass is 9.86. The van der Waals surface area contributed by atoms with E-state index in [1.54, 1.807) is 0 Å². The summed E-state index contributed by atoms with van der Waals surface area (Å²) >= 11 is 0. The summed E-state index contributed by atoms with van der Waals surface area (Å²) in [6.07, 6.45) is 14.6. The fourth-order valence-corrected chi connectivity index (χ4v) is 4.43. The molecule has 18 heavy (non-hydrogen) atoms. The van der Waals surface area contributed by atoms with Gasteiger partial charge < -0.3 is 10.2 Å². The summed E-state index contributed by atoms with van der Waals surface area (Å²) in [6, 6.07) is 2.55. The van der Waals surface area contributed by atoms with Crippen LogP contribution in [0.1, 0.15) is 64.2 Å². The standard InChI is InChI=1S/C16H30N2/c1-18(10-9-13-5-3-2-4-6-13)16-11-14-7-8-15(12-16)17-14/h13-17H,2-12H2,1H3. The summed E-state index contributed by atoms with van der Waals surface area (Å²) in [6.45, 7) is 1.34. The Morgan fingerprint density at radius 2 is 1.61 bits per heavy atom. The van der Waals surface area contributed by atoms with Crippen molar-refractivity contribution in [2.45, 2.75) is 82.3 Å². The lowest BCUT2D eigenvalue weighted by molar-refractivity contribution is 0.158. The Balaban J connectivity index is 1.42. The lowest BCUT2D eigenvalue weighted by Crippen LogP contribution is -2.47. The first-order valence-electron chi connectivity index (χ1n) is 8.27. The molecule has 0 aromatic carbocycles.